The van der Waals surface area contributed by atoms with E-state index >= 15 is 0 Å². The molecule has 0 bridgehead atoms. The summed E-state index contributed by atoms with van der Waals surface area (Å²) in [4.78, 5) is 36.8. The third-order valence-electron chi connectivity index (χ3n) is 4.38. The quantitative estimate of drug-likeness (QED) is 0.813. The number of hydrogen-bond acceptors (Lipinski definition) is 4. The Hall–Kier alpha value is -3.35. The van der Waals surface area contributed by atoms with E-state index in [9.17, 15) is 14.4 Å². The number of nitrogens with zero attached hydrogens (tertiary/aromatic N) is 1. The van der Waals surface area contributed by atoms with Crippen molar-refractivity contribution >= 4 is 29.1 Å². The van der Waals surface area contributed by atoms with Crippen LogP contribution in [0, 0.1) is 12.8 Å². The minimum atomic E-state index is -0.467. The predicted octanol–water partition coefficient (Wildman–Crippen LogP) is 1.85. The van der Waals surface area contributed by atoms with E-state index < -0.39 is 11.8 Å². The van der Waals surface area contributed by atoms with E-state index in [1.165, 1.54) is 4.90 Å². The molecular weight excluding hydrogens is 346 g/mol. The number of aryl methyl sites for hydroxylation is 1. The fraction of sp³-hybridized carbons (Fsp3) is 0.250. The van der Waals surface area contributed by atoms with Gasteiger partial charge in [-0.15, -0.1) is 0 Å². The second kappa shape index (κ2) is 7.90. The summed E-state index contributed by atoms with van der Waals surface area (Å²) in [5, 5.41) is 2.76. The summed E-state index contributed by atoms with van der Waals surface area (Å²) in [6, 6.07) is 14.3. The van der Waals surface area contributed by atoms with Crippen LogP contribution in [0.5, 0.6) is 5.75 Å². The molecule has 7 nitrogen and oxygen atoms in total. The summed E-state index contributed by atoms with van der Waals surface area (Å²) in [7, 11) is 0. The highest BCUT2D eigenvalue weighted by Gasteiger charge is 2.33. The highest BCUT2D eigenvalue weighted by Crippen LogP contribution is 2.26. The first-order valence-electron chi connectivity index (χ1n) is 8.61. The van der Waals surface area contributed by atoms with Gasteiger partial charge < -0.3 is 20.7 Å². The number of nitrogens with one attached hydrogen (secondary N) is 1. The van der Waals surface area contributed by atoms with E-state index in [1.54, 1.807) is 24.3 Å². The fourth-order valence-electron chi connectivity index (χ4n) is 2.85. The molecule has 1 atom stereocenters. The normalized spacial score (nSPS) is 16.3. The number of anilines is 2. The van der Waals surface area contributed by atoms with Crippen molar-refractivity contribution in [1.82, 2.24) is 0 Å². The van der Waals surface area contributed by atoms with Crippen molar-refractivity contribution in [1.29, 1.82) is 0 Å². The SMILES string of the molecule is Cc1ccc(NC(=O)COc2ccc(N3C[C@H](C(N)=O)CC3=O)cc2)cc1. The Kier molecular flexibility index (Phi) is 5.40. The number of ether oxygens (including phenoxy) is 1. The molecule has 3 rings (SSSR count). The lowest BCUT2D eigenvalue weighted by Gasteiger charge is -2.16. The second-order valence-electron chi connectivity index (χ2n) is 6.50. The Morgan fingerprint density at radius 2 is 1.81 bits per heavy atom. The van der Waals surface area contributed by atoms with Gasteiger partial charge in [-0.25, -0.2) is 0 Å². The topological polar surface area (TPSA) is 102 Å². The molecule has 0 saturated carbocycles. The van der Waals surface area contributed by atoms with Crippen LogP contribution in [-0.2, 0) is 14.4 Å². The van der Waals surface area contributed by atoms with Crippen molar-refractivity contribution < 1.29 is 19.1 Å². The third kappa shape index (κ3) is 4.63. The van der Waals surface area contributed by atoms with Gasteiger partial charge in [0, 0.05) is 24.3 Å². The van der Waals surface area contributed by atoms with Crippen LogP contribution in [0.4, 0.5) is 11.4 Å². The minimum Gasteiger partial charge on any atom is -0.484 e. The number of hydrogen-bond donors (Lipinski definition) is 2. The summed E-state index contributed by atoms with van der Waals surface area (Å²) < 4.78 is 5.48. The first-order chi connectivity index (χ1) is 12.9. The molecule has 7 heteroatoms. The van der Waals surface area contributed by atoms with Gasteiger partial charge in [0.1, 0.15) is 5.75 Å². The largest absolute Gasteiger partial charge is 0.484 e. The Balaban J connectivity index is 1.53. The standard InChI is InChI=1S/C20H21N3O4/c1-13-2-4-15(5-3-13)22-18(24)12-27-17-8-6-16(7-9-17)23-11-14(20(21)26)10-19(23)25/h2-9,14H,10-12H2,1H3,(H2,21,26)(H,22,24)/t14-/m1/s1. The first-order valence-corrected chi connectivity index (χ1v) is 8.61. The van der Waals surface area contributed by atoms with Crippen molar-refractivity contribution in [2.75, 3.05) is 23.4 Å². The lowest BCUT2D eigenvalue weighted by molar-refractivity contribution is -0.123. The van der Waals surface area contributed by atoms with Gasteiger partial charge in [-0.05, 0) is 43.3 Å². The zero-order valence-corrected chi connectivity index (χ0v) is 15.0. The Morgan fingerprint density at radius 1 is 1.15 bits per heavy atom. The van der Waals surface area contributed by atoms with E-state index in [4.69, 9.17) is 10.5 Å². The summed E-state index contributed by atoms with van der Waals surface area (Å²) in [5.41, 5.74) is 7.77. The summed E-state index contributed by atoms with van der Waals surface area (Å²) >= 11 is 0. The molecule has 27 heavy (non-hydrogen) atoms. The van der Waals surface area contributed by atoms with Crippen LogP contribution >= 0.6 is 0 Å². The van der Waals surface area contributed by atoms with Crippen LogP contribution in [0.15, 0.2) is 48.5 Å². The molecule has 3 N–H and O–H groups in total. The number of carbonyl (C=O) groups excluding carboxylic acids is 3. The maximum Gasteiger partial charge on any atom is 0.262 e. The monoisotopic (exact) mass is 367 g/mol. The van der Waals surface area contributed by atoms with Gasteiger partial charge in [-0.3, -0.25) is 14.4 Å². The van der Waals surface area contributed by atoms with Gasteiger partial charge in [0.2, 0.25) is 11.8 Å². The maximum atomic E-state index is 12.0. The lowest BCUT2D eigenvalue weighted by atomic mass is 10.1. The average molecular weight is 367 g/mol. The molecule has 1 aliphatic heterocycles. The maximum absolute atomic E-state index is 12.0. The van der Waals surface area contributed by atoms with Crippen molar-refractivity contribution in [3.63, 3.8) is 0 Å². The molecule has 2 aromatic carbocycles. The molecule has 0 spiro atoms. The Labute approximate surface area is 157 Å². The Bertz CT molecular complexity index is 847. The van der Waals surface area contributed by atoms with Crippen LogP contribution in [-0.4, -0.2) is 30.9 Å². The van der Waals surface area contributed by atoms with Gasteiger partial charge in [0.15, 0.2) is 6.61 Å². The molecule has 0 radical (unpaired) electrons. The van der Waals surface area contributed by atoms with E-state index in [-0.39, 0.29) is 31.4 Å². The van der Waals surface area contributed by atoms with Crippen LogP contribution < -0.4 is 20.7 Å². The molecule has 1 fully saturated rings. The van der Waals surface area contributed by atoms with Crippen molar-refractivity contribution in [3.8, 4) is 5.75 Å². The van der Waals surface area contributed by atoms with Crippen molar-refractivity contribution in [2.45, 2.75) is 13.3 Å². The molecule has 0 aromatic heterocycles. The van der Waals surface area contributed by atoms with Crippen LogP contribution in [0.1, 0.15) is 12.0 Å². The molecule has 140 valence electrons. The minimum absolute atomic E-state index is 0.125. The smallest absolute Gasteiger partial charge is 0.262 e. The van der Waals surface area contributed by atoms with Gasteiger partial charge in [-0.2, -0.15) is 0 Å². The number of rotatable bonds is 6. The summed E-state index contributed by atoms with van der Waals surface area (Å²) in [6.07, 6.45) is 0.132. The van der Waals surface area contributed by atoms with Gasteiger partial charge in [0.05, 0.1) is 5.92 Å². The fourth-order valence-corrected chi connectivity index (χ4v) is 2.85. The third-order valence-corrected chi connectivity index (χ3v) is 4.38. The van der Waals surface area contributed by atoms with E-state index in [2.05, 4.69) is 5.32 Å². The van der Waals surface area contributed by atoms with Crippen molar-refractivity contribution in [2.24, 2.45) is 11.7 Å². The van der Waals surface area contributed by atoms with Gasteiger partial charge >= 0.3 is 0 Å². The van der Waals surface area contributed by atoms with E-state index in [0.29, 0.717) is 17.1 Å². The Morgan fingerprint density at radius 3 is 2.41 bits per heavy atom. The lowest BCUT2D eigenvalue weighted by Crippen LogP contribution is -2.28. The molecule has 1 aliphatic rings. The van der Waals surface area contributed by atoms with E-state index in [1.807, 2.05) is 31.2 Å². The second-order valence-corrected chi connectivity index (χ2v) is 6.50. The number of benzene rings is 2. The number of amides is 3. The molecule has 0 unspecified atom stereocenters. The van der Waals surface area contributed by atoms with Crippen LogP contribution in [0.3, 0.4) is 0 Å². The number of primary amides is 1. The molecule has 1 saturated heterocycles. The zero-order chi connectivity index (χ0) is 19.4. The number of nitrogens with two attached hydrogens (primary N) is 1. The van der Waals surface area contributed by atoms with Crippen molar-refractivity contribution in [3.05, 3.63) is 54.1 Å². The molecule has 3 amide bonds. The zero-order valence-electron chi connectivity index (χ0n) is 15.0. The van der Waals surface area contributed by atoms with Gasteiger partial charge in [-0.1, -0.05) is 17.7 Å². The van der Waals surface area contributed by atoms with E-state index in [0.717, 1.165) is 5.56 Å². The number of carbonyl (C=O) groups is 3. The van der Waals surface area contributed by atoms with Crippen LogP contribution in [0.25, 0.3) is 0 Å². The molecule has 0 aliphatic carbocycles. The average Bonchev–Trinajstić information content (AvgIpc) is 3.04. The highest BCUT2D eigenvalue weighted by atomic mass is 16.5. The van der Waals surface area contributed by atoms with Gasteiger partial charge in [0.25, 0.3) is 5.91 Å². The highest BCUT2D eigenvalue weighted by molar-refractivity contribution is 6.00. The molecule has 1 heterocycles. The predicted molar refractivity (Wildman–Crippen MR) is 101 cm³/mol. The first kappa shape index (κ1) is 18.4. The molecular formula is C20H21N3O4. The summed E-state index contributed by atoms with van der Waals surface area (Å²) in [5.74, 6) is -0.813. The summed E-state index contributed by atoms with van der Waals surface area (Å²) in [6.45, 7) is 2.13. The van der Waals surface area contributed by atoms with Crippen LogP contribution in [0.2, 0.25) is 0 Å². The molecule has 2 aromatic rings.